The highest BCUT2D eigenvalue weighted by atomic mass is 35.5. The first kappa shape index (κ1) is 13.9. The predicted molar refractivity (Wildman–Crippen MR) is 81.9 cm³/mol. The number of hydrogen-bond acceptors (Lipinski definition) is 2. The van der Waals surface area contributed by atoms with Crippen molar-refractivity contribution < 1.29 is 9.13 Å². The van der Waals surface area contributed by atoms with Crippen molar-refractivity contribution in [1.82, 2.24) is 9.55 Å². The number of aryl methyl sites for hydroxylation is 1. The van der Waals surface area contributed by atoms with Gasteiger partial charge >= 0.3 is 0 Å². The van der Waals surface area contributed by atoms with E-state index >= 15 is 0 Å². The van der Waals surface area contributed by atoms with Crippen LogP contribution in [0.1, 0.15) is 11.4 Å². The Hall–Kier alpha value is -2.07. The molecule has 0 saturated carbocycles. The Bertz CT molecular complexity index is 813. The van der Waals surface area contributed by atoms with Crippen molar-refractivity contribution in [1.29, 1.82) is 0 Å². The van der Waals surface area contributed by atoms with Gasteiger partial charge in [0.05, 0.1) is 29.7 Å². The van der Waals surface area contributed by atoms with Crippen LogP contribution in [0.25, 0.3) is 16.7 Å². The number of ether oxygens (including phenoxy) is 1. The van der Waals surface area contributed by atoms with Crippen molar-refractivity contribution in [2.45, 2.75) is 12.8 Å². The number of hydrogen-bond donors (Lipinski definition) is 0. The zero-order valence-corrected chi connectivity index (χ0v) is 12.5. The van der Waals surface area contributed by atoms with Gasteiger partial charge in [0.15, 0.2) is 0 Å². The second kappa shape index (κ2) is 5.37. The molecule has 0 atom stereocenters. The normalized spacial score (nSPS) is 11.0. The Morgan fingerprint density at radius 2 is 2.05 bits per heavy atom. The summed E-state index contributed by atoms with van der Waals surface area (Å²) in [6.07, 6.45) is 0. The molecule has 5 heteroatoms. The third kappa shape index (κ3) is 2.36. The smallest absolute Gasteiger partial charge is 0.129 e. The molecule has 0 N–H and O–H groups in total. The Kier molecular flexibility index (Phi) is 3.55. The molecule has 108 valence electrons. The van der Waals surface area contributed by atoms with Gasteiger partial charge in [0.2, 0.25) is 0 Å². The van der Waals surface area contributed by atoms with Gasteiger partial charge in [0.25, 0.3) is 0 Å². The number of benzene rings is 2. The molecule has 0 aliphatic carbocycles. The zero-order valence-electron chi connectivity index (χ0n) is 11.7. The molecular weight excluding hydrogens is 291 g/mol. The molecule has 21 heavy (non-hydrogen) atoms. The molecule has 0 saturated heterocycles. The first-order valence-corrected chi connectivity index (χ1v) is 7.05. The lowest BCUT2D eigenvalue weighted by Gasteiger charge is -2.12. The summed E-state index contributed by atoms with van der Waals surface area (Å²) in [5, 5.41) is 0. The molecule has 0 unspecified atom stereocenters. The average molecular weight is 305 g/mol. The largest absolute Gasteiger partial charge is 0.497 e. The quantitative estimate of drug-likeness (QED) is 0.677. The molecular formula is C16H14ClFN2O. The highest BCUT2D eigenvalue weighted by Crippen LogP contribution is 2.27. The van der Waals surface area contributed by atoms with E-state index < -0.39 is 0 Å². The van der Waals surface area contributed by atoms with Crippen LogP contribution < -0.4 is 4.74 Å². The summed E-state index contributed by atoms with van der Waals surface area (Å²) in [6, 6.07) is 10.3. The van der Waals surface area contributed by atoms with Crippen molar-refractivity contribution in [3.63, 3.8) is 0 Å². The molecule has 3 rings (SSSR count). The number of methoxy groups -OCH3 is 1. The number of rotatable bonds is 3. The Morgan fingerprint density at radius 3 is 2.71 bits per heavy atom. The van der Waals surface area contributed by atoms with Crippen molar-refractivity contribution in [3.05, 3.63) is 53.6 Å². The van der Waals surface area contributed by atoms with Gasteiger partial charge in [-0.1, -0.05) is 0 Å². The standard InChI is InChI=1S/C16H14ClFN2O/c1-10-7-12(21-2)4-6-14(10)20-15-8-11(18)3-5-13(15)19-16(20)9-17/h3-8H,9H2,1-2H3. The lowest BCUT2D eigenvalue weighted by Crippen LogP contribution is -2.02. The van der Waals surface area contributed by atoms with E-state index in [-0.39, 0.29) is 11.7 Å². The second-order valence-electron chi connectivity index (χ2n) is 4.78. The molecule has 0 aliphatic heterocycles. The number of fused-ring (bicyclic) bond motifs is 1. The van der Waals surface area contributed by atoms with Gasteiger partial charge < -0.3 is 4.74 Å². The second-order valence-corrected chi connectivity index (χ2v) is 5.05. The molecule has 1 heterocycles. The van der Waals surface area contributed by atoms with Gasteiger partial charge in [0, 0.05) is 6.07 Å². The van der Waals surface area contributed by atoms with Crippen molar-refractivity contribution in [2.75, 3.05) is 7.11 Å². The number of imidazole rings is 1. The fourth-order valence-corrected chi connectivity index (χ4v) is 2.64. The summed E-state index contributed by atoms with van der Waals surface area (Å²) in [6.45, 7) is 1.97. The van der Waals surface area contributed by atoms with Gasteiger partial charge in [-0.25, -0.2) is 9.37 Å². The zero-order chi connectivity index (χ0) is 15.0. The van der Waals surface area contributed by atoms with E-state index in [9.17, 15) is 4.39 Å². The maximum atomic E-state index is 13.6. The van der Waals surface area contributed by atoms with Gasteiger partial charge in [-0.05, 0) is 42.8 Å². The monoisotopic (exact) mass is 304 g/mol. The fourth-order valence-electron chi connectivity index (χ4n) is 2.46. The van der Waals surface area contributed by atoms with Crippen LogP contribution in [0.5, 0.6) is 5.75 Å². The lowest BCUT2D eigenvalue weighted by molar-refractivity contribution is 0.414. The van der Waals surface area contributed by atoms with Gasteiger partial charge in [-0.3, -0.25) is 4.57 Å². The Labute approximate surface area is 126 Å². The third-order valence-corrected chi connectivity index (χ3v) is 3.69. The third-order valence-electron chi connectivity index (χ3n) is 3.45. The molecule has 0 radical (unpaired) electrons. The van der Waals surface area contributed by atoms with Crippen LogP contribution in [0.4, 0.5) is 4.39 Å². The van der Waals surface area contributed by atoms with E-state index in [0.717, 1.165) is 22.5 Å². The van der Waals surface area contributed by atoms with Crippen LogP contribution in [-0.4, -0.2) is 16.7 Å². The molecule has 3 nitrogen and oxygen atoms in total. The number of halogens is 2. The van der Waals surface area contributed by atoms with Crippen molar-refractivity contribution in [3.8, 4) is 11.4 Å². The Morgan fingerprint density at radius 1 is 1.24 bits per heavy atom. The number of nitrogens with zero attached hydrogens (tertiary/aromatic N) is 2. The molecule has 3 aromatic rings. The average Bonchev–Trinajstić information content (AvgIpc) is 2.84. The van der Waals surface area contributed by atoms with E-state index in [2.05, 4.69) is 4.98 Å². The molecule has 1 aromatic heterocycles. The van der Waals surface area contributed by atoms with Crippen molar-refractivity contribution in [2.24, 2.45) is 0 Å². The SMILES string of the molecule is COc1ccc(-n2c(CCl)nc3ccc(F)cc32)c(C)c1. The van der Waals surface area contributed by atoms with Crippen LogP contribution >= 0.6 is 11.6 Å². The van der Waals surface area contributed by atoms with Gasteiger partial charge in [0.1, 0.15) is 17.4 Å². The van der Waals surface area contributed by atoms with Crippen LogP contribution in [0, 0.1) is 12.7 Å². The summed E-state index contributed by atoms with van der Waals surface area (Å²) in [5.41, 5.74) is 3.35. The first-order valence-electron chi connectivity index (χ1n) is 6.52. The molecule has 0 fully saturated rings. The van der Waals surface area contributed by atoms with Crippen molar-refractivity contribution >= 4 is 22.6 Å². The molecule has 0 aliphatic rings. The molecule has 2 aromatic carbocycles. The van der Waals surface area contributed by atoms with Gasteiger partial charge in [-0.2, -0.15) is 0 Å². The molecule has 0 spiro atoms. The van der Waals surface area contributed by atoms with E-state index in [1.807, 2.05) is 29.7 Å². The first-order chi connectivity index (χ1) is 10.1. The minimum absolute atomic E-state index is 0.252. The topological polar surface area (TPSA) is 27.1 Å². The number of alkyl halides is 1. The minimum Gasteiger partial charge on any atom is -0.497 e. The maximum absolute atomic E-state index is 13.6. The number of aromatic nitrogens is 2. The molecule has 0 bridgehead atoms. The predicted octanol–water partition coefficient (Wildman–Crippen LogP) is 4.22. The summed E-state index contributed by atoms with van der Waals surface area (Å²) >= 11 is 6.00. The highest BCUT2D eigenvalue weighted by molar-refractivity contribution is 6.17. The van der Waals surface area contributed by atoms with Crippen LogP contribution in [0.2, 0.25) is 0 Å². The maximum Gasteiger partial charge on any atom is 0.129 e. The fraction of sp³-hybridized carbons (Fsp3) is 0.188. The van der Waals surface area contributed by atoms with Gasteiger partial charge in [-0.15, -0.1) is 11.6 Å². The lowest BCUT2D eigenvalue weighted by atomic mass is 10.1. The Balaban J connectivity index is 2.30. The van der Waals surface area contributed by atoms with E-state index in [1.54, 1.807) is 13.2 Å². The van der Waals surface area contributed by atoms with Crippen LogP contribution in [-0.2, 0) is 5.88 Å². The summed E-state index contributed by atoms with van der Waals surface area (Å²) in [4.78, 5) is 4.47. The van der Waals surface area contributed by atoms with E-state index in [0.29, 0.717) is 11.3 Å². The minimum atomic E-state index is -0.295. The van der Waals surface area contributed by atoms with Crippen LogP contribution in [0.15, 0.2) is 36.4 Å². The van der Waals surface area contributed by atoms with Crippen LogP contribution in [0.3, 0.4) is 0 Å². The summed E-state index contributed by atoms with van der Waals surface area (Å²) < 4.78 is 20.7. The molecule has 0 amide bonds. The summed E-state index contributed by atoms with van der Waals surface area (Å²) in [7, 11) is 1.63. The van der Waals surface area contributed by atoms with E-state index in [1.165, 1.54) is 12.1 Å². The van der Waals surface area contributed by atoms with E-state index in [4.69, 9.17) is 16.3 Å². The highest BCUT2D eigenvalue weighted by Gasteiger charge is 2.14. The summed E-state index contributed by atoms with van der Waals surface area (Å²) in [5.74, 6) is 1.42.